The predicted octanol–water partition coefficient (Wildman–Crippen LogP) is 2.37. The molecule has 0 radical (unpaired) electrons. The van der Waals surface area contributed by atoms with E-state index in [1.165, 1.54) is 19.3 Å². The van der Waals surface area contributed by atoms with Crippen LogP contribution < -0.4 is 5.32 Å². The van der Waals surface area contributed by atoms with Crippen molar-refractivity contribution >= 4 is 5.91 Å². The van der Waals surface area contributed by atoms with Gasteiger partial charge in [0.25, 0.3) is 0 Å². The molecule has 0 bridgehead atoms. The summed E-state index contributed by atoms with van der Waals surface area (Å²) in [6.07, 6.45) is 4.98. The first-order valence-electron chi connectivity index (χ1n) is 7.05. The second-order valence-electron chi connectivity index (χ2n) is 6.25. The zero-order valence-corrected chi connectivity index (χ0v) is 11.6. The molecule has 3 heteroatoms. The summed E-state index contributed by atoms with van der Waals surface area (Å²) in [6, 6.07) is 0. The van der Waals surface area contributed by atoms with Crippen molar-refractivity contribution in [2.45, 2.75) is 65.1 Å². The zero-order chi connectivity index (χ0) is 12.6. The molecule has 2 fully saturated rings. The van der Waals surface area contributed by atoms with E-state index in [0.29, 0.717) is 5.91 Å². The third-order valence-corrected chi connectivity index (χ3v) is 4.69. The summed E-state index contributed by atoms with van der Waals surface area (Å²) in [5.74, 6) is 1.86. The summed E-state index contributed by atoms with van der Waals surface area (Å²) in [5.41, 5.74) is -0.330. The number of carbonyl (C=O) groups is 1. The summed E-state index contributed by atoms with van der Waals surface area (Å²) in [4.78, 5) is 14.5. The van der Waals surface area contributed by atoms with E-state index in [1.54, 1.807) is 0 Å². The Morgan fingerprint density at radius 2 is 2.12 bits per heavy atom. The van der Waals surface area contributed by atoms with Crippen molar-refractivity contribution in [1.29, 1.82) is 0 Å². The van der Waals surface area contributed by atoms with Crippen molar-refractivity contribution in [3.63, 3.8) is 0 Å². The molecule has 1 N–H and O–H groups in total. The molecule has 1 saturated heterocycles. The molecule has 4 unspecified atom stereocenters. The SMILES string of the molecule is CCC1(C)NC(C)N(CC2CCC(C)C2)C1=O. The van der Waals surface area contributed by atoms with Gasteiger partial charge < -0.3 is 4.90 Å². The van der Waals surface area contributed by atoms with Gasteiger partial charge >= 0.3 is 0 Å². The minimum absolute atomic E-state index is 0.198. The first-order chi connectivity index (χ1) is 7.96. The van der Waals surface area contributed by atoms with Gasteiger partial charge in [-0.05, 0) is 44.9 Å². The molecule has 2 rings (SSSR count). The minimum Gasteiger partial charge on any atom is -0.326 e. The van der Waals surface area contributed by atoms with Gasteiger partial charge in [-0.25, -0.2) is 0 Å². The van der Waals surface area contributed by atoms with Crippen LogP contribution in [0.1, 0.15) is 53.4 Å². The molecule has 1 aliphatic heterocycles. The number of carbonyl (C=O) groups excluding carboxylic acids is 1. The molecule has 0 aromatic carbocycles. The Labute approximate surface area is 105 Å². The fourth-order valence-electron chi connectivity index (χ4n) is 3.36. The first kappa shape index (κ1) is 12.9. The van der Waals surface area contributed by atoms with Gasteiger partial charge in [0.05, 0.1) is 11.7 Å². The summed E-state index contributed by atoms with van der Waals surface area (Å²) >= 11 is 0. The van der Waals surface area contributed by atoms with Crippen molar-refractivity contribution in [1.82, 2.24) is 10.2 Å². The van der Waals surface area contributed by atoms with Crippen molar-refractivity contribution in [3.8, 4) is 0 Å². The number of nitrogens with zero attached hydrogens (tertiary/aromatic N) is 1. The summed E-state index contributed by atoms with van der Waals surface area (Å²) in [7, 11) is 0. The molecule has 2 aliphatic rings. The number of hydrogen-bond acceptors (Lipinski definition) is 2. The van der Waals surface area contributed by atoms with Crippen LogP contribution in [0.4, 0.5) is 0 Å². The smallest absolute Gasteiger partial charge is 0.243 e. The normalized spacial score (nSPS) is 42.5. The van der Waals surface area contributed by atoms with Crippen molar-refractivity contribution in [3.05, 3.63) is 0 Å². The quantitative estimate of drug-likeness (QED) is 0.818. The fraction of sp³-hybridized carbons (Fsp3) is 0.929. The van der Waals surface area contributed by atoms with Gasteiger partial charge in [0.2, 0.25) is 5.91 Å². The van der Waals surface area contributed by atoms with Crippen LogP contribution in [0.2, 0.25) is 0 Å². The van der Waals surface area contributed by atoms with Gasteiger partial charge in [-0.2, -0.15) is 0 Å². The van der Waals surface area contributed by atoms with Gasteiger partial charge in [0, 0.05) is 6.54 Å². The second kappa shape index (κ2) is 4.60. The van der Waals surface area contributed by atoms with E-state index < -0.39 is 0 Å². The van der Waals surface area contributed by atoms with E-state index in [0.717, 1.165) is 24.8 Å². The highest BCUT2D eigenvalue weighted by Crippen LogP contribution is 2.33. The molecule has 1 amide bonds. The molecule has 3 nitrogen and oxygen atoms in total. The number of nitrogens with one attached hydrogen (secondary N) is 1. The average Bonchev–Trinajstić information content (AvgIpc) is 2.78. The second-order valence-corrected chi connectivity index (χ2v) is 6.25. The number of hydrogen-bond donors (Lipinski definition) is 1. The molecular formula is C14H26N2O. The van der Waals surface area contributed by atoms with Crippen LogP contribution >= 0.6 is 0 Å². The van der Waals surface area contributed by atoms with Crippen LogP contribution in [-0.4, -0.2) is 29.1 Å². The lowest BCUT2D eigenvalue weighted by molar-refractivity contribution is -0.133. The third-order valence-electron chi connectivity index (χ3n) is 4.69. The summed E-state index contributed by atoms with van der Waals surface area (Å²) in [5, 5.41) is 3.44. The maximum Gasteiger partial charge on any atom is 0.243 e. The van der Waals surface area contributed by atoms with Gasteiger partial charge in [-0.15, -0.1) is 0 Å². The molecular weight excluding hydrogens is 212 g/mol. The van der Waals surface area contributed by atoms with E-state index in [2.05, 4.69) is 31.0 Å². The molecule has 17 heavy (non-hydrogen) atoms. The molecule has 1 saturated carbocycles. The third kappa shape index (κ3) is 2.35. The predicted molar refractivity (Wildman–Crippen MR) is 69.5 cm³/mol. The molecule has 0 spiro atoms. The number of amides is 1. The Hall–Kier alpha value is -0.570. The monoisotopic (exact) mass is 238 g/mol. The van der Waals surface area contributed by atoms with Crippen molar-refractivity contribution < 1.29 is 4.79 Å². The lowest BCUT2D eigenvalue weighted by Gasteiger charge is -2.25. The van der Waals surface area contributed by atoms with Crippen molar-refractivity contribution in [2.75, 3.05) is 6.54 Å². The van der Waals surface area contributed by atoms with Crippen LogP contribution in [0.25, 0.3) is 0 Å². The highest BCUT2D eigenvalue weighted by atomic mass is 16.2. The maximum absolute atomic E-state index is 12.4. The first-order valence-corrected chi connectivity index (χ1v) is 7.05. The largest absolute Gasteiger partial charge is 0.326 e. The standard InChI is InChI=1S/C14H26N2O/c1-5-14(4)13(17)16(11(3)15-14)9-12-7-6-10(2)8-12/h10-12,15H,5-9H2,1-4H3. The fourth-order valence-corrected chi connectivity index (χ4v) is 3.36. The van der Waals surface area contributed by atoms with Crippen LogP contribution in [0.5, 0.6) is 0 Å². The molecule has 1 aliphatic carbocycles. The highest BCUT2D eigenvalue weighted by molar-refractivity contribution is 5.88. The Bertz CT molecular complexity index is 305. The lowest BCUT2D eigenvalue weighted by atomic mass is 9.99. The number of rotatable bonds is 3. The topological polar surface area (TPSA) is 32.3 Å². The lowest BCUT2D eigenvalue weighted by Crippen LogP contribution is -2.43. The Balaban J connectivity index is 1.99. The highest BCUT2D eigenvalue weighted by Gasteiger charge is 2.45. The van der Waals surface area contributed by atoms with Crippen molar-refractivity contribution in [2.24, 2.45) is 11.8 Å². The van der Waals surface area contributed by atoms with Gasteiger partial charge in [-0.1, -0.05) is 20.3 Å². The van der Waals surface area contributed by atoms with E-state index in [9.17, 15) is 4.79 Å². The van der Waals surface area contributed by atoms with Gasteiger partial charge in [-0.3, -0.25) is 10.1 Å². The molecule has 0 aromatic rings. The van der Waals surface area contributed by atoms with Crippen LogP contribution in [0, 0.1) is 11.8 Å². The zero-order valence-electron chi connectivity index (χ0n) is 11.6. The summed E-state index contributed by atoms with van der Waals surface area (Å²) in [6.45, 7) is 9.50. The van der Waals surface area contributed by atoms with E-state index in [4.69, 9.17) is 0 Å². The van der Waals surface area contributed by atoms with Crippen LogP contribution in [0.15, 0.2) is 0 Å². The molecule has 1 heterocycles. The molecule has 4 atom stereocenters. The van der Waals surface area contributed by atoms with Gasteiger partial charge in [0.15, 0.2) is 0 Å². The van der Waals surface area contributed by atoms with E-state index >= 15 is 0 Å². The minimum atomic E-state index is -0.330. The van der Waals surface area contributed by atoms with E-state index in [-0.39, 0.29) is 11.7 Å². The average molecular weight is 238 g/mol. The Morgan fingerprint density at radius 1 is 1.41 bits per heavy atom. The summed E-state index contributed by atoms with van der Waals surface area (Å²) < 4.78 is 0. The molecule has 98 valence electrons. The maximum atomic E-state index is 12.4. The molecule has 0 aromatic heterocycles. The van der Waals surface area contributed by atoms with Gasteiger partial charge in [0.1, 0.15) is 0 Å². The Morgan fingerprint density at radius 3 is 2.59 bits per heavy atom. The van der Waals surface area contributed by atoms with E-state index in [1.807, 2.05) is 6.92 Å². The van der Waals surface area contributed by atoms with Crippen LogP contribution in [0.3, 0.4) is 0 Å². The Kier molecular flexibility index (Phi) is 3.48. The van der Waals surface area contributed by atoms with Crippen LogP contribution in [-0.2, 0) is 4.79 Å².